The summed E-state index contributed by atoms with van der Waals surface area (Å²) in [6.07, 6.45) is 1.00. The van der Waals surface area contributed by atoms with Crippen LogP contribution in [-0.4, -0.2) is 24.1 Å². The number of rotatable bonds is 3. The largest absolute Gasteiger partial charge is 0.363 e. The average Bonchev–Trinajstić information content (AvgIpc) is 2.69. The van der Waals surface area contributed by atoms with Crippen LogP contribution in [0.2, 0.25) is 0 Å². The van der Waals surface area contributed by atoms with Gasteiger partial charge in [-0.3, -0.25) is 10.1 Å². The molecular weight excluding hydrogens is 230 g/mol. The molecule has 0 amide bonds. The minimum absolute atomic E-state index is 0.224. The topological polar surface area (TPSA) is 72.4 Å². The molecule has 1 aliphatic heterocycles. The Morgan fingerprint density at radius 2 is 2.28 bits per heavy atom. The Bertz CT molecular complexity index is 462. The first-order chi connectivity index (χ1) is 8.54. The first-order valence-electron chi connectivity index (χ1n) is 6.25. The standard InChI is InChI=1S/C13H19N3O2/c1-9-4-3-5-12(13(9)16(17)18)15-8-11(7-14)6-10(15)2/h3-5,10-11H,6-8,14H2,1-2H3. The number of nitro groups is 1. The van der Waals surface area contributed by atoms with Gasteiger partial charge in [-0.15, -0.1) is 0 Å². The van der Waals surface area contributed by atoms with Gasteiger partial charge in [0.2, 0.25) is 0 Å². The van der Waals surface area contributed by atoms with Gasteiger partial charge in [0.05, 0.1) is 4.92 Å². The monoisotopic (exact) mass is 249 g/mol. The average molecular weight is 249 g/mol. The van der Waals surface area contributed by atoms with Gasteiger partial charge < -0.3 is 10.6 Å². The number of aryl methyl sites for hydroxylation is 1. The van der Waals surface area contributed by atoms with Crippen molar-refractivity contribution in [2.75, 3.05) is 18.0 Å². The Morgan fingerprint density at radius 3 is 2.83 bits per heavy atom. The molecular formula is C13H19N3O2. The van der Waals surface area contributed by atoms with E-state index in [1.54, 1.807) is 13.0 Å². The zero-order valence-electron chi connectivity index (χ0n) is 10.8. The van der Waals surface area contributed by atoms with Gasteiger partial charge in [-0.05, 0) is 38.8 Å². The van der Waals surface area contributed by atoms with Crippen LogP contribution in [0, 0.1) is 23.0 Å². The van der Waals surface area contributed by atoms with Crippen LogP contribution in [0.3, 0.4) is 0 Å². The molecule has 1 fully saturated rings. The lowest BCUT2D eigenvalue weighted by Crippen LogP contribution is -2.28. The van der Waals surface area contributed by atoms with Crippen molar-refractivity contribution in [2.24, 2.45) is 11.7 Å². The molecule has 0 saturated carbocycles. The predicted molar refractivity (Wildman–Crippen MR) is 71.8 cm³/mol. The summed E-state index contributed by atoms with van der Waals surface area (Å²) in [6, 6.07) is 5.79. The van der Waals surface area contributed by atoms with Crippen LogP contribution in [0.15, 0.2) is 18.2 Å². The zero-order valence-corrected chi connectivity index (χ0v) is 10.8. The van der Waals surface area contributed by atoms with E-state index in [-0.39, 0.29) is 10.6 Å². The predicted octanol–water partition coefficient (Wildman–Crippen LogP) is 2.08. The molecule has 2 rings (SSSR count). The summed E-state index contributed by atoms with van der Waals surface area (Å²) in [7, 11) is 0. The SMILES string of the molecule is Cc1cccc(N2CC(CN)CC2C)c1[N+](=O)[O-]. The second-order valence-corrected chi connectivity index (χ2v) is 5.04. The molecule has 5 heteroatoms. The molecule has 0 bridgehead atoms. The van der Waals surface area contributed by atoms with E-state index >= 15 is 0 Å². The van der Waals surface area contributed by atoms with Crippen LogP contribution >= 0.6 is 0 Å². The minimum Gasteiger partial charge on any atom is -0.363 e. The normalized spacial score (nSPS) is 23.4. The van der Waals surface area contributed by atoms with Crippen molar-refractivity contribution in [1.29, 1.82) is 0 Å². The molecule has 1 aromatic carbocycles. The van der Waals surface area contributed by atoms with Gasteiger partial charge >= 0.3 is 0 Å². The van der Waals surface area contributed by atoms with Crippen LogP contribution in [0.5, 0.6) is 0 Å². The number of hydrogen-bond acceptors (Lipinski definition) is 4. The molecule has 1 heterocycles. The van der Waals surface area contributed by atoms with Crippen molar-refractivity contribution in [1.82, 2.24) is 0 Å². The number of nitro benzene ring substituents is 1. The lowest BCUT2D eigenvalue weighted by molar-refractivity contribution is -0.384. The van der Waals surface area contributed by atoms with Crippen LogP contribution in [-0.2, 0) is 0 Å². The van der Waals surface area contributed by atoms with E-state index in [0.717, 1.165) is 18.7 Å². The van der Waals surface area contributed by atoms with Gasteiger partial charge in [0.25, 0.3) is 5.69 Å². The molecule has 1 aromatic rings. The van der Waals surface area contributed by atoms with Crippen molar-refractivity contribution in [3.63, 3.8) is 0 Å². The van der Waals surface area contributed by atoms with E-state index in [1.807, 2.05) is 12.1 Å². The fourth-order valence-electron chi connectivity index (χ4n) is 2.76. The molecule has 5 nitrogen and oxygen atoms in total. The van der Waals surface area contributed by atoms with Gasteiger partial charge in [-0.25, -0.2) is 0 Å². The summed E-state index contributed by atoms with van der Waals surface area (Å²) >= 11 is 0. The summed E-state index contributed by atoms with van der Waals surface area (Å²) in [5.74, 6) is 0.431. The molecule has 0 aliphatic carbocycles. The highest BCUT2D eigenvalue weighted by molar-refractivity contribution is 5.67. The van der Waals surface area contributed by atoms with Crippen molar-refractivity contribution in [2.45, 2.75) is 26.3 Å². The van der Waals surface area contributed by atoms with Gasteiger partial charge in [-0.1, -0.05) is 12.1 Å². The molecule has 2 atom stereocenters. The smallest absolute Gasteiger partial charge is 0.295 e. The van der Waals surface area contributed by atoms with Crippen LogP contribution < -0.4 is 10.6 Å². The summed E-state index contributed by atoms with van der Waals surface area (Å²) in [4.78, 5) is 13.0. The third-order valence-corrected chi connectivity index (χ3v) is 3.70. The van der Waals surface area contributed by atoms with Crippen LogP contribution in [0.1, 0.15) is 18.9 Å². The van der Waals surface area contributed by atoms with Crippen molar-refractivity contribution in [3.05, 3.63) is 33.9 Å². The Balaban J connectivity index is 2.39. The summed E-state index contributed by atoms with van der Waals surface area (Å²) in [5.41, 5.74) is 7.36. The van der Waals surface area contributed by atoms with Crippen molar-refractivity contribution < 1.29 is 4.92 Å². The molecule has 0 spiro atoms. The van der Waals surface area contributed by atoms with E-state index in [2.05, 4.69) is 11.8 Å². The number of anilines is 1. The summed E-state index contributed by atoms with van der Waals surface area (Å²) < 4.78 is 0. The molecule has 0 aromatic heterocycles. The molecule has 2 unspecified atom stereocenters. The summed E-state index contributed by atoms with van der Waals surface area (Å²) in [5, 5.41) is 11.2. The maximum Gasteiger partial charge on any atom is 0.295 e. The first-order valence-corrected chi connectivity index (χ1v) is 6.25. The molecule has 0 radical (unpaired) electrons. The first kappa shape index (κ1) is 12.8. The Hall–Kier alpha value is -1.62. The number of nitrogens with zero attached hydrogens (tertiary/aromatic N) is 2. The number of hydrogen-bond donors (Lipinski definition) is 1. The van der Waals surface area contributed by atoms with Gasteiger partial charge in [-0.2, -0.15) is 0 Å². The quantitative estimate of drug-likeness (QED) is 0.657. The highest BCUT2D eigenvalue weighted by atomic mass is 16.6. The highest BCUT2D eigenvalue weighted by Crippen LogP contribution is 2.36. The second kappa shape index (κ2) is 4.94. The van der Waals surface area contributed by atoms with E-state index < -0.39 is 0 Å². The molecule has 2 N–H and O–H groups in total. The van der Waals surface area contributed by atoms with Gasteiger partial charge in [0, 0.05) is 18.2 Å². The Labute approximate surface area is 107 Å². The van der Waals surface area contributed by atoms with Crippen LogP contribution in [0.4, 0.5) is 11.4 Å². The zero-order chi connectivity index (χ0) is 13.3. The van der Waals surface area contributed by atoms with Crippen LogP contribution in [0.25, 0.3) is 0 Å². The number of benzene rings is 1. The third kappa shape index (κ3) is 2.18. The lowest BCUT2D eigenvalue weighted by Gasteiger charge is -2.24. The van der Waals surface area contributed by atoms with E-state index in [9.17, 15) is 10.1 Å². The Morgan fingerprint density at radius 1 is 1.56 bits per heavy atom. The fourth-order valence-corrected chi connectivity index (χ4v) is 2.76. The Kier molecular flexibility index (Phi) is 3.52. The van der Waals surface area contributed by atoms with E-state index in [4.69, 9.17) is 5.73 Å². The molecule has 98 valence electrons. The maximum atomic E-state index is 11.2. The maximum absolute atomic E-state index is 11.2. The fraction of sp³-hybridized carbons (Fsp3) is 0.538. The second-order valence-electron chi connectivity index (χ2n) is 5.04. The molecule has 1 aliphatic rings. The number of para-hydroxylation sites is 1. The van der Waals surface area contributed by atoms with Gasteiger partial charge in [0.1, 0.15) is 5.69 Å². The van der Waals surface area contributed by atoms with Crippen molar-refractivity contribution in [3.8, 4) is 0 Å². The lowest BCUT2D eigenvalue weighted by atomic mass is 10.1. The van der Waals surface area contributed by atoms with Gasteiger partial charge in [0.15, 0.2) is 0 Å². The van der Waals surface area contributed by atoms with E-state index in [1.165, 1.54) is 0 Å². The molecule has 1 saturated heterocycles. The number of nitrogens with two attached hydrogens (primary N) is 1. The third-order valence-electron chi connectivity index (χ3n) is 3.70. The highest BCUT2D eigenvalue weighted by Gasteiger charge is 2.32. The summed E-state index contributed by atoms with van der Waals surface area (Å²) in [6.45, 7) is 5.33. The minimum atomic E-state index is -0.285. The van der Waals surface area contributed by atoms with E-state index in [0.29, 0.717) is 24.1 Å². The molecule has 18 heavy (non-hydrogen) atoms. The van der Waals surface area contributed by atoms with Crippen molar-refractivity contribution >= 4 is 11.4 Å².